The van der Waals surface area contributed by atoms with Crippen LogP contribution in [-0.4, -0.2) is 41.7 Å². The van der Waals surface area contributed by atoms with Crippen molar-refractivity contribution in [1.29, 1.82) is 5.41 Å². The highest BCUT2D eigenvalue weighted by atomic mass is 16.6. The first kappa shape index (κ1) is 27.2. The Balaban J connectivity index is 4.43. The van der Waals surface area contributed by atoms with Gasteiger partial charge in [-0.1, -0.05) is 19.8 Å². The topological polar surface area (TPSA) is 113 Å². The minimum absolute atomic E-state index is 0.0529. The number of hydrogen-bond donors (Lipinski definition) is 4. The normalized spacial score (nSPS) is 12.8. The van der Waals surface area contributed by atoms with Crippen molar-refractivity contribution in [3.8, 4) is 0 Å². The van der Waals surface area contributed by atoms with Gasteiger partial charge in [-0.15, -0.1) is 0 Å². The number of unbranched alkanes of at least 4 members (excludes halogenated alkanes) is 3. The molecule has 0 rings (SSSR count). The fraction of sp³-hybridized carbons (Fsp3) is 0.857. The number of hydrogen-bond acceptors (Lipinski definition) is 6. The lowest BCUT2D eigenvalue weighted by Crippen LogP contribution is -2.51. The van der Waals surface area contributed by atoms with Gasteiger partial charge in [0.1, 0.15) is 17.2 Å². The van der Waals surface area contributed by atoms with Gasteiger partial charge in [-0.05, 0) is 67.2 Å². The molecule has 4 N–H and O–H groups in total. The van der Waals surface area contributed by atoms with E-state index in [1.165, 1.54) is 0 Å². The third-order valence-electron chi connectivity index (χ3n) is 3.73. The maximum Gasteiger partial charge on any atom is 0.422 e. The minimum Gasteiger partial charge on any atom is -0.474 e. The van der Waals surface area contributed by atoms with E-state index < -0.39 is 23.3 Å². The van der Waals surface area contributed by atoms with E-state index in [0.717, 1.165) is 32.1 Å². The molecule has 0 aliphatic rings. The third-order valence-corrected chi connectivity index (χ3v) is 3.73. The highest BCUT2D eigenvalue weighted by Crippen LogP contribution is 2.12. The summed E-state index contributed by atoms with van der Waals surface area (Å²) >= 11 is 0. The molecule has 0 saturated heterocycles. The molecule has 8 heteroatoms. The second kappa shape index (κ2) is 13.4. The fourth-order valence-electron chi connectivity index (χ4n) is 2.44. The smallest absolute Gasteiger partial charge is 0.422 e. The van der Waals surface area contributed by atoms with Crippen molar-refractivity contribution >= 4 is 17.9 Å². The first-order valence-electron chi connectivity index (χ1n) is 10.6. The van der Waals surface area contributed by atoms with Crippen molar-refractivity contribution in [3.05, 3.63) is 0 Å². The zero-order chi connectivity index (χ0) is 22.5. The van der Waals surface area contributed by atoms with Gasteiger partial charge in [0.15, 0.2) is 5.90 Å². The van der Waals surface area contributed by atoms with Crippen LogP contribution in [0, 0.1) is 5.41 Å². The van der Waals surface area contributed by atoms with E-state index in [0.29, 0.717) is 19.4 Å². The molecule has 0 aliphatic carbocycles. The van der Waals surface area contributed by atoms with Crippen molar-refractivity contribution in [1.82, 2.24) is 16.2 Å². The van der Waals surface area contributed by atoms with Crippen molar-refractivity contribution in [2.24, 2.45) is 0 Å². The molecule has 0 aromatic carbocycles. The average molecular weight is 415 g/mol. The number of ether oxygens (including phenoxy) is 2. The lowest BCUT2D eigenvalue weighted by molar-refractivity contribution is -0.121. The Bertz CT molecular complexity index is 510. The molecule has 0 bridgehead atoms. The summed E-state index contributed by atoms with van der Waals surface area (Å²) in [5, 5.41) is 11.1. The maximum absolute atomic E-state index is 11.9. The molecule has 1 unspecified atom stereocenters. The van der Waals surface area contributed by atoms with Crippen molar-refractivity contribution in [2.75, 3.05) is 6.54 Å². The molecule has 0 spiro atoms. The lowest BCUT2D eigenvalue weighted by atomic mass is 10.1. The molecule has 29 heavy (non-hydrogen) atoms. The van der Waals surface area contributed by atoms with E-state index in [1.807, 2.05) is 20.8 Å². The Hall–Kier alpha value is -1.83. The van der Waals surface area contributed by atoms with Crippen LogP contribution in [0.15, 0.2) is 0 Å². The quantitative estimate of drug-likeness (QED) is 0.167. The van der Waals surface area contributed by atoms with Crippen LogP contribution in [0.3, 0.4) is 0 Å². The van der Waals surface area contributed by atoms with Crippen molar-refractivity contribution < 1.29 is 19.1 Å². The number of carbonyl (C=O) groups excluding carboxylic acids is 2. The van der Waals surface area contributed by atoms with Gasteiger partial charge in [-0.25, -0.2) is 10.2 Å². The average Bonchev–Trinajstić information content (AvgIpc) is 2.54. The molecule has 0 fully saturated rings. The van der Waals surface area contributed by atoms with Crippen LogP contribution in [0.4, 0.5) is 4.79 Å². The molecule has 2 amide bonds. The second-order valence-electron chi connectivity index (χ2n) is 9.21. The minimum atomic E-state index is -0.606. The summed E-state index contributed by atoms with van der Waals surface area (Å²) in [4.78, 5) is 23.6. The molecule has 8 nitrogen and oxygen atoms in total. The van der Waals surface area contributed by atoms with Gasteiger partial charge in [0.25, 0.3) is 0 Å². The van der Waals surface area contributed by atoms with Gasteiger partial charge in [-0.2, -0.15) is 0 Å². The summed E-state index contributed by atoms with van der Waals surface area (Å²) in [6, 6.07) is -0.484. The predicted octanol–water partition coefficient (Wildman–Crippen LogP) is 4.04. The zero-order valence-corrected chi connectivity index (χ0v) is 19.4. The molecular formula is C21H42N4O4. The largest absolute Gasteiger partial charge is 0.474 e. The molecule has 0 aromatic heterocycles. The SMILES string of the molecule is CCCCCC(=O)NCCCCC(NNC(=O)OC(C)(C)C)C(=N)OC(C)(C)C. The molecule has 170 valence electrons. The Labute approximate surface area is 176 Å². The number of rotatable bonds is 12. The molecule has 0 saturated carbocycles. The maximum atomic E-state index is 11.9. The molecule has 1 atom stereocenters. The van der Waals surface area contributed by atoms with Crippen LogP contribution < -0.4 is 16.2 Å². The third kappa shape index (κ3) is 16.8. The van der Waals surface area contributed by atoms with Crippen LogP contribution in [0.25, 0.3) is 0 Å². The van der Waals surface area contributed by atoms with Crippen LogP contribution in [0.1, 0.15) is 93.4 Å². The van der Waals surface area contributed by atoms with E-state index in [9.17, 15) is 9.59 Å². The Morgan fingerprint density at radius 1 is 0.931 bits per heavy atom. The van der Waals surface area contributed by atoms with Gasteiger partial charge < -0.3 is 14.8 Å². The fourth-order valence-corrected chi connectivity index (χ4v) is 2.44. The Morgan fingerprint density at radius 2 is 1.55 bits per heavy atom. The van der Waals surface area contributed by atoms with E-state index in [-0.39, 0.29) is 11.8 Å². The molecule has 0 radical (unpaired) electrons. The summed E-state index contributed by atoms with van der Waals surface area (Å²) in [5.74, 6) is 0.140. The van der Waals surface area contributed by atoms with Crippen LogP contribution in [0.5, 0.6) is 0 Å². The number of hydrazine groups is 1. The predicted molar refractivity (Wildman–Crippen MR) is 116 cm³/mol. The van der Waals surface area contributed by atoms with E-state index in [1.54, 1.807) is 20.8 Å². The summed E-state index contributed by atoms with van der Waals surface area (Å²) in [5.41, 5.74) is 4.22. The number of carbonyl (C=O) groups is 2. The molecule has 0 heterocycles. The van der Waals surface area contributed by atoms with Crippen LogP contribution >= 0.6 is 0 Å². The molecule has 0 aliphatic heterocycles. The van der Waals surface area contributed by atoms with E-state index in [2.05, 4.69) is 23.1 Å². The van der Waals surface area contributed by atoms with Gasteiger partial charge in [0.05, 0.1) is 0 Å². The van der Waals surface area contributed by atoms with Gasteiger partial charge in [-0.3, -0.25) is 15.6 Å². The summed E-state index contributed by atoms with van der Waals surface area (Å²) < 4.78 is 10.8. The summed E-state index contributed by atoms with van der Waals surface area (Å²) in [6.45, 7) is 13.7. The summed E-state index contributed by atoms with van der Waals surface area (Å²) in [7, 11) is 0. The van der Waals surface area contributed by atoms with Crippen molar-refractivity contribution in [3.63, 3.8) is 0 Å². The lowest BCUT2D eigenvalue weighted by Gasteiger charge is -2.27. The second-order valence-corrected chi connectivity index (χ2v) is 9.21. The summed E-state index contributed by atoms with van der Waals surface area (Å²) in [6.07, 6.45) is 5.18. The molecular weight excluding hydrogens is 372 g/mol. The first-order chi connectivity index (χ1) is 13.3. The Kier molecular flexibility index (Phi) is 12.6. The number of nitrogens with one attached hydrogen (secondary N) is 4. The van der Waals surface area contributed by atoms with Crippen molar-refractivity contribution in [2.45, 2.75) is 111 Å². The first-order valence-corrected chi connectivity index (χ1v) is 10.6. The Morgan fingerprint density at radius 3 is 2.10 bits per heavy atom. The van der Waals surface area contributed by atoms with Gasteiger partial charge in [0, 0.05) is 13.0 Å². The highest BCUT2D eigenvalue weighted by Gasteiger charge is 2.23. The van der Waals surface area contributed by atoms with Crippen LogP contribution in [-0.2, 0) is 14.3 Å². The zero-order valence-electron chi connectivity index (χ0n) is 19.4. The monoisotopic (exact) mass is 414 g/mol. The molecule has 0 aromatic rings. The van der Waals surface area contributed by atoms with Gasteiger partial charge >= 0.3 is 6.09 Å². The highest BCUT2D eigenvalue weighted by molar-refractivity contribution is 5.79. The standard InChI is InChI=1S/C21H42N4O4/c1-8-9-10-14-17(26)23-15-12-11-13-16(18(22)28-20(2,3)4)24-25-19(27)29-21(5,6)7/h16,22,24H,8-15H2,1-7H3,(H,23,26)(H,25,27). The van der Waals surface area contributed by atoms with Crippen LogP contribution in [0.2, 0.25) is 0 Å². The van der Waals surface area contributed by atoms with Gasteiger partial charge in [0.2, 0.25) is 5.91 Å². The number of amides is 2. The van der Waals surface area contributed by atoms with E-state index in [4.69, 9.17) is 14.9 Å². The van der Waals surface area contributed by atoms with E-state index >= 15 is 0 Å².